The number of nitrogens with zero attached hydrogens (tertiary/aromatic N) is 2. The highest BCUT2D eigenvalue weighted by Gasteiger charge is 2.12. The first-order valence-electron chi connectivity index (χ1n) is 7.26. The van der Waals surface area contributed by atoms with Gasteiger partial charge in [0.25, 0.3) is 0 Å². The van der Waals surface area contributed by atoms with Gasteiger partial charge in [-0.1, -0.05) is 6.07 Å². The maximum atomic E-state index is 5.44. The minimum Gasteiger partial charge on any atom is -0.467 e. The summed E-state index contributed by atoms with van der Waals surface area (Å²) in [5.74, 6) is 1.95. The molecule has 114 valence electrons. The first-order valence-corrected chi connectivity index (χ1v) is 7.26. The number of methoxy groups -OCH3 is 1. The smallest absolute Gasteiger partial charge is 0.133 e. The molecule has 0 atom stereocenters. The molecule has 0 fully saturated rings. The Hall–Kier alpha value is -1.85. The van der Waals surface area contributed by atoms with E-state index < -0.39 is 0 Å². The number of pyridine rings is 1. The van der Waals surface area contributed by atoms with Crippen LogP contribution in [0.15, 0.2) is 41.1 Å². The van der Waals surface area contributed by atoms with E-state index in [1.807, 2.05) is 24.4 Å². The van der Waals surface area contributed by atoms with Crippen molar-refractivity contribution >= 4 is 5.82 Å². The third-order valence-corrected chi connectivity index (χ3v) is 3.27. The predicted octanol–water partition coefficient (Wildman–Crippen LogP) is 2.44. The maximum absolute atomic E-state index is 5.44. The minimum atomic E-state index is 0.708. The molecule has 2 rings (SSSR count). The summed E-state index contributed by atoms with van der Waals surface area (Å²) >= 11 is 0. The number of anilines is 1. The number of hydrogen-bond donors (Lipinski definition) is 1. The van der Waals surface area contributed by atoms with Gasteiger partial charge in [-0.25, -0.2) is 4.98 Å². The minimum absolute atomic E-state index is 0.708. The summed E-state index contributed by atoms with van der Waals surface area (Å²) in [6.07, 6.45) is 3.54. The van der Waals surface area contributed by atoms with Gasteiger partial charge in [0.2, 0.25) is 0 Å². The number of nitrogens with one attached hydrogen (secondary N) is 1. The zero-order valence-corrected chi connectivity index (χ0v) is 12.7. The number of ether oxygens (including phenoxy) is 1. The van der Waals surface area contributed by atoms with Gasteiger partial charge in [-0.3, -0.25) is 0 Å². The third-order valence-electron chi connectivity index (χ3n) is 3.27. The molecule has 0 aliphatic rings. The summed E-state index contributed by atoms with van der Waals surface area (Å²) in [5, 5.41) is 3.37. The van der Waals surface area contributed by atoms with E-state index in [2.05, 4.69) is 28.2 Å². The van der Waals surface area contributed by atoms with Crippen LogP contribution in [0.25, 0.3) is 0 Å². The number of rotatable bonds is 9. The highest BCUT2D eigenvalue weighted by atomic mass is 16.5. The van der Waals surface area contributed by atoms with E-state index in [0.29, 0.717) is 6.61 Å². The Labute approximate surface area is 125 Å². The topological polar surface area (TPSA) is 50.5 Å². The number of hydrogen-bond acceptors (Lipinski definition) is 5. The lowest BCUT2D eigenvalue weighted by atomic mass is 10.2. The van der Waals surface area contributed by atoms with Crippen LogP contribution in [-0.2, 0) is 17.8 Å². The van der Waals surface area contributed by atoms with Gasteiger partial charge in [0.15, 0.2) is 0 Å². The van der Waals surface area contributed by atoms with Crippen molar-refractivity contribution < 1.29 is 9.15 Å². The van der Waals surface area contributed by atoms with E-state index in [-0.39, 0.29) is 0 Å². The lowest BCUT2D eigenvalue weighted by molar-refractivity contribution is 0.199. The Morgan fingerprint density at radius 2 is 2.24 bits per heavy atom. The third kappa shape index (κ3) is 4.58. The van der Waals surface area contributed by atoms with Crippen LogP contribution in [0.1, 0.15) is 18.2 Å². The molecule has 0 saturated carbocycles. The molecule has 2 heterocycles. The van der Waals surface area contributed by atoms with Crippen LogP contribution in [-0.4, -0.2) is 31.8 Å². The Bertz CT molecular complexity index is 514. The SMILES string of the molecule is CCN(Cc1ccco1)c1ncccc1CNCCOC. The fourth-order valence-corrected chi connectivity index (χ4v) is 2.18. The van der Waals surface area contributed by atoms with Gasteiger partial charge in [-0.15, -0.1) is 0 Å². The summed E-state index contributed by atoms with van der Waals surface area (Å²) in [6, 6.07) is 7.97. The number of aromatic nitrogens is 1. The quantitative estimate of drug-likeness (QED) is 0.719. The van der Waals surface area contributed by atoms with E-state index >= 15 is 0 Å². The molecular formula is C16H23N3O2. The molecule has 0 unspecified atom stereocenters. The monoisotopic (exact) mass is 289 g/mol. The van der Waals surface area contributed by atoms with Crippen molar-refractivity contribution in [2.24, 2.45) is 0 Å². The highest BCUT2D eigenvalue weighted by Crippen LogP contribution is 2.19. The summed E-state index contributed by atoms with van der Waals surface area (Å²) in [4.78, 5) is 6.76. The molecule has 0 amide bonds. The van der Waals surface area contributed by atoms with E-state index in [9.17, 15) is 0 Å². The van der Waals surface area contributed by atoms with Gasteiger partial charge >= 0.3 is 0 Å². The molecule has 21 heavy (non-hydrogen) atoms. The molecule has 0 aliphatic carbocycles. The van der Waals surface area contributed by atoms with Crippen molar-refractivity contribution in [1.82, 2.24) is 10.3 Å². The Morgan fingerprint density at radius 1 is 1.33 bits per heavy atom. The Balaban J connectivity index is 2.05. The van der Waals surface area contributed by atoms with Gasteiger partial charge in [0, 0.05) is 38.5 Å². The molecule has 2 aromatic rings. The Kier molecular flexibility index (Phi) is 6.24. The van der Waals surface area contributed by atoms with Crippen LogP contribution < -0.4 is 10.2 Å². The molecule has 0 spiro atoms. The second-order valence-electron chi connectivity index (χ2n) is 4.75. The van der Waals surface area contributed by atoms with E-state index in [4.69, 9.17) is 9.15 Å². The average Bonchev–Trinajstić information content (AvgIpc) is 3.03. The second-order valence-corrected chi connectivity index (χ2v) is 4.75. The van der Waals surface area contributed by atoms with Gasteiger partial charge < -0.3 is 19.4 Å². The van der Waals surface area contributed by atoms with Crippen LogP contribution in [0, 0.1) is 0 Å². The van der Waals surface area contributed by atoms with Crippen molar-refractivity contribution in [1.29, 1.82) is 0 Å². The standard InChI is InChI=1S/C16H23N3O2/c1-3-19(13-15-7-5-10-21-15)16-14(6-4-8-18-16)12-17-9-11-20-2/h4-8,10,17H,3,9,11-13H2,1-2H3. The maximum Gasteiger partial charge on any atom is 0.133 e. The van der Waals surface area contributed by atoms with Crippen molar-refractivity contribution in [3.63, 3.8) is 0 Å². The molecular weight excluding hydrogens is 266 g/mol. The highest BCUT2D eigenvalue weighted by molar-refractivity contribution is 5.46. The van der Waals surface area contributed by atoms with Crippen LogP contribution in [0.5, 0.6) is 0 Å². The lowest BCUT2D eigenvalue weighted by Crippen LogP contribution is -2.26. The summed E-state index contributed by atoms with van der Waals surface area (Å²) in [7, 11) is 1.71. The first kappa shape index (κ1) is 15.5. The summed E-state index contributed by atoms with van der Waals surface area (Å²) in [6.45, 7) is 6.05. The fourth-order valence-electron chi connectivity index (χ4n) is 2.18. The largest absolute Gasteiger partial charge is 0.467 e. The second kappa shape index (κ2) is 8.44. The van der Waals surface area contributed by atoms with E-state index in [1.54, 1.807) is 13.4 Å². The van der Waals surface area contributed by atoms with Crippen molar-refractivity contribution in [3.8, 4) is 0 Å². The molecule has 5 nitrogen and oxygen atoms in total. The van der Waals surface area contributed by atoms with Crippen molar-refractivity contribution in [2.75, 3.05) is 31.7 Å². The first-order chi connectivity index (χ1) is 10.3. The normalized spacial score (nSPS) is 10.8. The predicted molar refractivity (Wildman–Crippen MR) is 83.3 cm³/mol. The van der Waals surface area contributed by atoms with Gasteiger partial charge in [-0.2, -0.15) is 0 Å². The zero-order chi connectivity index (χ0) is 14.9. The van der Waals surface area contributed by atoms with Crippen LogP contribution >= 0.6 is 0 Å². The van der Waals surface area contributed by atoms with Gasteiger partial charge in [0.1, 0.15) is 11.6 Å². The molecule has 0 aliphatic heterocycles. The molecule has 0 bridgehead atoms. The van der Waals surface area contributed by atoms with Crippen LogP contribution in [0.4, 0.5) is 5.82 Å². The van der Waals surface area contributed by atoms with Crippen LogP contribution in [0.3, 0.4) is 0 Å². The molecule has 5 heteroatoms. The lowest BCUT2D eigenvalue weighted by Gasteiger charge is -2.23. The molecule has 1 N–H and O–H groups in total. The molecule has 0 saturated heterocycles. The van der Waals surface area contributed by atoms with E-state index in [1.165, 1.54) is 5.56 Å². The van der Waals surface area contributed by atoms with Crippen molar-refractivity contribution in [2.45, 2.75) is 20.0 Å². The van der Waals surface area contributed by atoms with Crippen LogP contribution in [0.2, 0.25) is 0 Å². The summed E-state index contributed by atoms with van der Waals surface area (Å²) < 4.78 is 10.5. The van der Waals surface area contributed by atoms with Crippen molar-refractivity contribution in [3.05, 3.63) is 48.0 Å². The average molecular weight is 289 g/mol. The van der Waals surface area contributed by atoms with Gasteiger partial charge in [-0.05, 0) is 25.1 Å². The number of furan rings is 1. The summed E-state index contributed by atoms with van der Waals surface area (Å²) in [5.41, 5.74) is 1.18. The van der Waals surface area contributed by atoms with Gasteiger partial charge in [0.05, 0.1) is 19.4 Å². The van der Waals surface area contributed by atoms with E-state index in [0.717, 1.165) is 37.8 Å². The fraction of sp³-hybridized carbons (Fsp3) is 0.438. The Morgan fingerprint density at radius 3 is 2.95 bits per heavy atom. The molecule has 0 radical (unpaired) electrons. The molecule has 2 aromatic heterocycles. The molecule has 0 aromatic carbocycles. The zero-order valence-electron chi connectivity index (χ0n) is 12.7.